The molecule has 2 heterocycles. The molecule has 1 saturated heterocycles. The van der Waals surface area contributed by atoms with E-state index in [9.17, 15) is 24.3 Å². The summed E-state index contributed by atoms with van der Waals surface area (Å²) in [6.07, 6.45) is 1.74. The van der Waals surface area contributed by atoms with Crippen molar-refractivity contribution in [1.29, 1.82) is 0 Å². The molecule has 0 spiro atoms. The Labute approximate surface area is 199 Å². The minimum atomic E-state index is -1.18. The summed E-state index contributed by atoms with van der Waals surface area (Å²) in [5, 5.41) is 18.7. The number of amides is 3. The van der Waals surface area contributed by atoms with E-state index in [0.29, 0.717) is 12.2 Å². The summed E-state index contributed by atoms with van der Waals surface area (Å²) in [4.78, 5) is 50.6. The topological polar surface area (TPSA) is 134 Å². The molecule has 0 aromatic rings. The van der Waals surface area contributed by atoms with Crippen LogP contribution in [0.25, 0.3) is 0 Å². The standard InChI is InChI=1S/C20H31N3O6S3/c1-11(2)18-15(24)9-17(26)29-13-6-4-5-7-30-32-31-10-14(20(28)23-18)22-19(27)12(3)21-16(25)8-13/h4,6,11-15,18,24H,5,7-10H2,1-3H3,(H,21,25)(H,22,27)(H,23,28)/b6-4-. The molecular formula is C20H31N3O6S3. The van der Waals surface area contributed by atoms with Crippen LogP contribution in [0, 0.1) is 5.92 Å². The van der Waals surface area contributed by atoms with Gasteiger partial charge in [0, 0.05) is 11.5 Å². The summed E-state index contributed by atoms with van der Waals surface area (Å²) >= 11 is 0. The summed E-state index contributed by atoms with van der Waals surface area (Å²) < 4.78 is 5.45. The zero-order chi connectivity index (χ0) is 23.7. The van der Waals surface area contributed by atoms with Gasteiger partial charge in [0.2, 0.25) is 17.7 Å². The van der Waals surface area contributed by atoms with Crippen molar-refractivity contribution in [2.45, 2.75) is 70.4 Å². The summed E-state index contributed by atoms with van der Waals surface area (Å²) in [5.41, 5.74) is 0. The molecule has 32 heavy (non-hydrogen) atoms. The molecule has 12 heteroatoms. The van der Waals surface area contributed by atoms with Crippen molar-refractivity contribution in [2.75, 3.05) is 11.5 Å². The van der Waals surface area contributed by atoms with Gasteiger partial charge in [0.25, 0.3) is 0 Å². The number of nitrogens with one attached hydrogen (secondary N) is 3. The first-order valence-corrected chi connectivity index (χ1v) is 14.3. The molecule has 2 rings (SSSR count). The quantitative estimate of drug-likeness (QED) is 0.235. The highest BCUT2D eigenvalue weighted by Gasteiger charge is 2.32. The molecule has 3 amide bonds. The van der Waals surface area contributed by atoms with Crippen molar-refractivity contribution >= 4 is 55.1 Å². The number of carbonyl (C=O) groups excluding carboxylic acids is 4. The van der Waals surface area contributed by atoms with Gasteiger partial charge in [0.1, 0.15) is 18.2 Å². The highest BCUT2D eigenvalue weighted by atomic mass is 33.5. The maximum absolute atomic E-state index is 13.0. The molecule has 0 radical (unpaired) electrons. The molecule has 0 aliphatic carbocycles. The average molecular weight is 506 g/mol. The van der Waals surface area contributed by atoms with E-state index in [1.807, 2.05) is 19.9 Å². The highest BCUT2D eigenvalue weighted by Crippen LogP contribution is 2.35. The van der Waals surface area contributed by atoms with Crippen LogP contribution in [0.4, 0.5) is 0 Å². The van der Waals surface area contributed by atoms with Crippen molar-refractivity contribution < 1.29 is 29.0 Å². The number of aliphatic hydroxyl groups excluding tert-OH is 1. The largest absolute Gasteiger partial charge is 0.457 e. The third-order valence-electron chi connectivity index (χ3n) is 4.94. The van der Waals surface area contributed by atoms with Crippen molar-refractivity contribution in [3.63, 3.8) is 0 Å². The second kappa shape index (κ2) is 13.4. The minimum Gasteiger partial charge on any atom is -0.457 e. The molecule has 0 aromatic carbocycles. The van der Waals surface area contributed by atoms with E-state index >= 15 is 0 Å². The van der Waals surface area contributed by atoms with E-state index in [2.05, 4.69) is 16.0 Å². The number of aliphatic hydroxyl groups is 1. The Hall–Kier alpha value is -1.37. The predicted molar refractivity (Wildman–Crippen MR) is 128 cm³/mol. The molecule has 0 aromatic heterocycles. The first-order valence-electron chi connectivity index (χ1n) is 10.5. The average Bonchev–Trinajstić information content (AvgIpc) is 2.70. The van der Waals surface area contributed by atoms with Crippen LogP contribution in [0.1, 0.15) is 40.0 Å². The number of carbonyl (C=O) groups is 4. The molecule has 1 fully saturated rings. The Morgan fingerprint density at radius 1 is 1.06 bits per heavy atom. The smallest absolute Gasteiger partial charge is 0.309 e. The maximum atomic E-state index is 13.0. The molecule has 4 N–H and O–H groups in total. The van der Waals surface area contributed by atoms with Crippen LogP contribution in [0.2, 0.25) is 0 Å². The molecule has 0 saturated carbocycles. The number of allylic oxidation sites excluding steroid dienone is 1. The molecule has 5 atom stereocenters. The van der Waals surface area contributed by atoms with E-state index in [1.54, 1.807) is 16.9 Å². The summed E-state index contributed by atoms with van der Waals surface area (Å²) in [7, 11) is 4.58. The van der Waals surface area contributed by atoms with E-state index in [-0.39, 0.29) is 18.8 Å². The number of fused-ring (bicyclic) bond motifs is 7. The highest BCUT2D eigenvalue weighted by molar-refractivity contribution is 9.09. The lowest BCUT2D eigenvalue weighted by molar-refractivity contribution is -0.151. The number of esters is 1. The van der Waals surface area contributed by atoms with Gasteiger partial charge in [-0.1, -0.05) is 41.5 Å². The summed E-state index contributed by atoms with van der Waals surface area (Å²) in [6.45, 7) is 5.17. The minimum absolute atomic E-state index is 0.151. The van der Waals surface area contributed by atoms with Crippen LogP contribution in [-0.4, -0.2) is 70.6 Å². The van der Waals surface area contributed by atoms with Gasteiger partial charge < -0.3 is 25.8 Å². The van der Waals surface area contributed by atoms with Gasteiger partial charge in [0.05, 0.1) is 25.0 Å². The molecule has 2 aliphatic rings. The molecular weight excluding hydrogens is 474 g/mol. The fourth-order valence-corrected chi connectivity index (χ4v) is 6.98. The van der Waals surface area contributed by atoms with Crippen LogP contribution in [0.5, 0.6) is 0 Å². The van der Waals surface area contributed by atoms with Crippen molar-refractivity contribution in [2.24, 2.45) is 5.92 Å². The van der Waals surface area contributed by atoms with Gasteiger partial charge in [-0.25, -0.2) is 0 Å². The van der Waals surface area contributed by atoms with Gasteiger partial charge in [-0.2, -0.15) is 0 Å². The molecule has 2 bridgehead atoms. The Kier molecular flexibility index (Phi) is 11.2. The van der Waals surface area contributed by atoms with Crippen LogP contribution in [0.3, 0.4) is 0 Å². The monoisotopic (exact) mass is 505 g/mol. The number of hydrogen-bond donors (Lipinski definition) is 4. The van der Waals surface area contributed by atoms with Gasteiger partial charge in [-0.15, -0.1) is 0 Å². The zero-order valence-corrected chi connectivity index (χ0v) is 20.8. The number of ether oxygens (including phenoxy) is 1. The Bertz CT molecular complexity index is 721. The van der Waals surface area contributed by atoms with Crippen LogP contribution in [0.15, 0.2) is 12.2 Å². The fourth-order valence-electron chi connectivity index (χ4n) is 3.19. The van der Waals surface area contributed by atoms with E-state index < -0.39 is 54.0 Å². The lowest BCUT2D eigenvalue weighted by atomic mass is 9.96. The normalized spacial score (nSPS) is 32.8. The Morgan fingerprint density at radius 2 is 1.81 bits per heavy atom. The van der Waals surface area contributed by atoms with Crippen molar-refractivity contribution in [3.05, 3.63) is 12.2 Å². The SMILES string of the molecule is CC1NC(=O)CC2/C=C\CCSSSCC(NC1=O)C(=O)NC(C(C)C)C(O)CC(=O)O2. The predicted octanol–water partition coefficient (Wildman–Crippen LogP) is 1.17. The van der Waals surface area contributed by atoms with Gasteiger partial charge in [-0.3, -0.25) is 19.2 Å². The van der Waals surface area contributed by atoms with Gasteiger partial charge in [0.15, 0.2) is 0 Å². The summed E-state index contributed by atoms with van der Waals surface area (Å²) in [6, 6.07) is -2.46. The third kappa shape index (κ3) is 8.87. The van der Waals surface area contributed by atoms with Crippen LogP contribution in [-0.2, 0) is 23.9 Å². The number of hydrogen-bond acceptors (Lipinski definition) is 9. The first kappa shape index (κ1) is 26.9. The first-order chi connectivity index (χ1) is 15.2. The fraction of sp³-hybridized carbons (Fsp3) is 0.700. The second-order valence-electron chi connectivity index (χ2n) is 8.02. The third-order valence-corrected chi connectivity index (χ3v) is 9.22. The van der Waals surface area contributed by atoms with Crippen LogP contribution >= 0.6 is 31.4 Å². The lowest BCUT2D eigenvalue weighted by Gasteiger charge is -2.29. The molecule has 2 aliphatic heterocycles. The van der Waals surface area contributed by atoms with E-state index in [1.165, 1.54) is 27.5 Å². The number of rotatable bonds is 1. The lowest BCUT2D eigenvalue weighted by Crippen LogP contribution is -2.57. The summed E-state index contributed by atoms with van der Waals surface area (Å²) in [5.74, 6) is -1.17. The zero-order valence-electron chi connectivity index (χ0n) is 18.4. The van der Waals surface area contributed by atoms with E-state index in [0.717, 1.165) is 5.75 Å². The Balaban J connectivity index is 2.41. The van der Waals surface area contributed by atoms with E-state index in [4.69, 9.17) is 4.74 Å². The van der Waals surface area contributed by atoms with Crippen molar-refractivity contribution in [1.82, 2.24) is 16.0 Å². The molecule has 180 valence electrons. The maximum Gasteiger partial charge on any atom is 0.309 e. The van der Waals surface area contributed by atoms with Crippen molar-refractivity contribution in [3.8, 4) is 0 Å². The Morgan fingerprint density at radius 3 is 2.53 bits per heavy atom. The van der Waals surface area contributed by atoms with Gasteiger partial charge in [-0.05, 0) is 35.2 Å². The van der Waals surface area contributed by atoms with Gasteiger partial charge >= 0.3 is 5.97 Å². The molecule has 5 unspecified atom stereocenters. The van der Waals surface area contributed by atoms with Crippen LogP contribution < -0.4 is 16.0 Å². The second-order valence-corrected chi connectivity index (χ2v) is 12.4. The molecule has 9 nitrogen and oxygen atoms in total.